The fourth-order valence-electron chi connectivity index (χ4n) is 3.38. The first-order valence-electron chi connectivity index (χ1n) is 9.62. The number of nitrogens with zero attached hydrogens (tertiary/aromatic N) is 3. The van der Waals surface area contributed by atoms with Crippen molar-refractivity contribution in [1.82, 2.24) is 14.9 Å². The number of aromatic amines is 1. The summed E-state index contributed by atoms with van der Waals surface area (Å²) in [6.45, 7) is 7.44. The van der Waals surface area contributed by atoms with Crippen LogP contribution in [-0.2, 0) is 0 Å². The van der Waals surface area contributed by atoms with Crippen LogP contribution in [0.4, 0.5) is 16.4 Å². The van der Waals surface area contributed by atoms with Crippen LogP contribution in [0.25, 0.3) is 11.0 Å². The number of anilines is 2. The van der Waals surface area contributed by atoms with Crippen LogP contribution in [0.1, 0.15) is 12.5 Å². The number of fused-ring (bicyclic) bond motifs is 1. The molecule has 28 heavy (non-hydrogen) atoms. The number of benzene rings is 2. The quantitative estimate of drug-likeness (QED) is 0.726. The zero-order chi connectivity index (χ0) is 19.5. The molecule has 2 heterocycles. The molecule has 7 heteroatoms. The molecule has 1 saturated heterocycles. The predicted octanol–water partition coefficient (Wildman–Crippen LogP) is 3.62. The maximum atomic E-state index is 12.5. The third kappa shape index (κ3) is 3.88. The number of aromatic nitrogens is 2. The molecule has 0 radical (unpaired) electrons. The highest BCUT2D eigenvalue weighted by molar-refractivity contribution is 5.89. The van der Waals surface area contributed by atoms with Gasteiger partial charge < -0.3 is 24.8 Å². The van der Waals surface area contributed by atoms with Crippen LogP contribution in [0.15, 0.2) is 42.5 Å². The van der Waals surface area contributed by atoms with Crippen LogP contribution in [0.3, 0.4) is 0 Å². The lowest BCUT2D eigenvalue weighted by atomic mass is 10.2. The Bertz CT molecular complexity index is 959. The minimum atomic E-state index is -0.0796. The number of aryl methyl sites for hydroxylation is 1. The van der Waals surface area contributed by atoms with E-state index in [0.29, 0.717) is 19.7 Å². The average molecular weight is 379 g/mol. The first kappa shape index (κ1) is 18.2. The lowest BCUT2D eigenvalue weighted by Crippen LogP contribution is -2.50. The minimum Gasteiger partial charge on any atom is -0.494 e. The van der Waals surface area contributed by atoms with Gasteiger partial charge in [0.15, 0.2) is 0 Å². The molecule has 0 atom stereocenters. The Morgan fingerprint density at radius 3 is 2.61 bits per heavy atom. The van der Waals surface area contributed by atoms with E-state index in [4.69, 9.17) is 4.74 Å². The summed E-state index contributed by atoms with van der Waals surface area (Å²) in [5, 5.41) is 2.95. The second-order valence-electron chi connectivity index (χ2n) is 6.94. The summed E-state index contributed by atoms with van der Waals surface area (Å²) < 4.78 is 5.43. The Balaban J connectivity index is 1.34. The summed E-state index contributed by atoms with van der Waals surface area (Å²) in [4.78, 5) is 24.6. The summed E-state index contributed by atoms with van der Waals surface area (Å²) in [5.74, 6) is 1.67. The van der Waals surface area contributed by atoms with E-state index in [9.17, 15) is 4.79 Å². The number of hydrogen-bond acceptors (Lipinski definition) is 4. The van der Waals surface area contributed by atoms with Crippen LogP contribution >= 0.6 is 0 Å². The molecule has 1 aromatic heterocycles. The maximum absolute atomic E-state index is 12.5. The van der Waals surface area contributed by atoms with E-state index in [-0.39, 0.29) is 6.03 Å². The van der Waals surface area contributed by atoms with E-state index in [0.717, 1.165) is 41.5 Å². The van der Waals surface area contributed by atoms with E-state index >= 15 is 0 Å². The first-order chi connectivity index (χ1) is 13.6. The van der Waals surface area contributed by atoms with Crippen molar-refractivity contribution >= 4 is 28.7 Å². The molecular formula is C21H25N5O2. The number of piperazine rings is 1. The van der Waals surface area contributed by atoms with Gasteiger partial charge in [0.05, 0.1) is 17.6 Å². The second-order valence-corrected chi connectivity index (χ2v) is 6.94. The molecule has 0 saturated carbocycles. The Morgan fingerprint density at radius 2 is 1.89 bits per heavy atom. The van der Waals surface area contributed by atoms with Crippen molar-refractivity contribution in [3.05, 3.63) is 48.0 Å². The van der Waals surface area contributed by atoms with Gasteiger partial charge in [-0.05, 0) is 55.8 Å². The van der Waals surface area contributed by atoms with E-state index in [1.165, 1.54) is 5.56 Å². The molecule has 2 amide bonds. The van der Waals surface area contributed by atoms with E-state index in [1.807, 2.05) is 42.2 Å². The molecule has 0 bridgehead atoms. The molecule has 0 spiro atoms. The van der Waals surface area contributed by atoms with Crippen molar-refractivity contribution in [2.24, 2.45) is 0 Å². The van der Waals surface area contributed by atoms with Crippen LogP contribution in [0.2, 0.25) is 0 Å². The third-order valence-corrected chi connectivity index (χ3v) is 4.91. The largest absolute Gasteiger partial charge is 0.494 e. The lowest BCUT2D eigenvalue weighted by Gasteiger charge is -2.34. The van der Waals surface area contributed by atoms with Gasteiger partial charge in [0, 0.05) is 31.9 Å². The van der Waals surface area contributed by atoms with Crippen LogP contribution in [-0.4, -0.2) is 53.7 Å². The van der Waals surface area contributed by atoms with E-state index in [2.05, 4.69) is 39.2 Å². The van der Waals surface area contributed by atoms with Crippen molar-refractivity contribution in [2.45, 2.75) is 13.8 Å². The molecule has 3 aromatic rings. The van der Waals surface area contributed by atoms with Crippen LogP contribution < -0.4 is 15.0 Å². The number of carbonyl (C=O) groups is 1. The van der Waals surface area contributed by atoms with Gasteiger partial charge in [0.25, 0.3) is 0 Å². The molecular weight excluding hydrogens is 354 g/mol. The molecule has 146 valence electrons. The van der Waals surface area contributed by atoms with E-state index < -0.39 is 0 Å². The molecule has 2 aromatic carbocycles. The molecule has 2 N–H and O–H groups in total. The van der Waals surface area contributed by atoms with Crippen LogP contribution in [0, 0.1) is 6.92 Å². The van der Waals surface area contributed by atoms with Crippen LogP contribution in [0.5, 0.6) is 5.75 Å². The Hall–Kier alpha value is -3.22. The second kappa shape index (κ2) is 7.80. The number of nitrogens with one attached hydrogen (secondary N) is 2. The molecule has 0 aliphatic carbocycles. The standard InChI is InChI=1S/C21H25N5O2/c1-3-28-17-7-5-16(6-8-17)22-21(27)26-12-10-25(11-13-26)20-23-18-9-4-15(2)14-19(18)24-20/h4-9,14H,3,10-13H2,1-2H3,(H,22,27)(H,23,24). The molecule has 0 unspecified atom stereocenters. The SMILES string of the molecule is CCOc1ccc(NC(=O)N2CCN(c3nc4ccc(C)cc4[nH]3)CC2)cc1. The number of urea groups is 1. The summed E-state index contributed by atoms with van der Waals surface area (Å²) >= 11 is 0. The molecule has 4 rings (SSSR count). The number of rotatable bonds is 4. The number of ether oxygens (including phenoxy) is 1. The highest BCUT2D eigenvalue weighted by atomic mass is 16.5. The van der Waals surface area contributed by atoms with Gasteiger partial charge in [-0.3, -0.25) is 0 Å². The number of imidazole rings is 1. The topological polar surface area (TPSA) is 73.5 Å². The van der Waals surface area contributed by atoms with Crippen molar-refractivity contribution < 1.29 is 9.53 Å². The van der Waals surface area contributed by atoms with Crippen molar-refractivity contribution in [3.8, 4) is 5.75 Å². The average Bonchev–Trinajstić information content (AvgIpc) is 3.13. The molecule has 1 aliphatic rings. The maximum Gasteiger partial charge on any atom is 0.321 e. The van der Waals surface area contributed by atoms with Gasteiger partial charge in [-0.25, -0.2) is 9.78 Å². The number of carbonyl (C=O) groups excluding carboxylic acids is 1. The molecule has 7 nitrogen and oxygen atoms in total. The predicted molar refractivity (Wildman–Crippen MR) is 111 cm³/mol. The fraction of sp³-hybridized carbons (Fsp3) is 0.333. The third-order valence-electron chi connectivity index (χ3n) is 4.91. The number of amides is 2. The fourth-order valence-corrected chi connectivity index (χ4v) is 3.38. The summed E-state index contributed by atoms with van der Waals surface area (Å²) in [5.41, 5.74) is 3.99. The summed E-state index contributed by atoms with van der Waals surface area (Å²) in [7, 11) is 0. The minimum absolute atomic E-state index is 0.0796. The monoisotopic (exact) mass is 379 g/mol. The Morgan fingerprint density at radius 1 is 1.14 bits per heavy atom. The van der Waals surface area contributed by atoms with Gasteiger partial charge >= 0.3 is 6.03 Å². The highest BCUT2D eigenvalue weighted by Gasteiger charge is 2.23. The van der Waals surface area contributed by atoms with Crippen molar-refractivity contribution in [1.29, 1.82) is 0 Å². The normalized spacial score (nSPS) is 14.4. The van der Waals surface area contributed by atoms with Crippen molar-refractivity contribution in [3.63, 3.8) is 0 Å². The van der Waals surface area contributed by atoms with Gasteiger partial charge in [-0.1, -0.05) is 6.07 Å². The summed E-state index contributed by atoms with van der Waals surface area (Å²) in [6.07, 6.45) is 0. The first-order valence-corrected chi connectivity index (χ1v) is 9.62. The molecule has 1 aliphatic heterocycles. The number of hydrogen-bond donors (Lipinski definition) is 2. The Kier molecular flexibility index (Phi) is 5.06. The highest BCUT2D eigenvalue weighted by Crippen LogP contribution is 2.20. The zero-order valence-corrected chi connectivity index (χ0v) is 16.2. The smallest absolute Gasteiger partial charge is 0.321 e. The summed E-state index contributed by atoms with van der Waals surface area (Å²) in [6, 6.07) is 13.6. The van der Waals surface area contributed by atoms with E-state index in [1.54, 1.807) is 0 Å². The number of H-pyrrole nitrogens is 1. The van der Waals surface area contributed by atoms with Gasteiger partial charge in [0.2, 0.25) is 5.95 Å². The Labute approximate surface area is 164 Å². The van der Waals surface area contributed by atoms with Gasteiger partial charge in [-0.15, -0.1) is 0 Å². The molecule has 1 fully saturated rings. The zero-order valence-electron chi connectivity index (χ0n) is 16.2. The lowest BCUT2D eigenvalue weighted by molar-refractivity contribution is 0.208. The van der Waals surface area contributed by atoms with Gasteiger partial charge in [0.1, 0.15) is 5.75 Å². The van der Waals surface area contributed by atoms with Crippen molar-refractivity contribution in [2.75, 3.05) is 43.0 Å². The van der Waals surface area contributed by atoms with Gasteiger partial charge in [-0.2, -0.15) is 0 Å².